The summed E-state index contributed by atoms with van der Waals surface area (Å²) in [7, 11) is 1.41. The molecule has 138 valence electrons. The van der Waals surface area contributed by atoms with Crippen LogP contribution in [-0.4, -0.2) is 77.7 Å². The van der Waals surface area contributed by atoms with E-state index in [0.29, 0.717) is 28.2 Å². The molecule has 3 rings (SSSR count). The van der Waals surface area contributed by atoms with Crippen LogP contribution in [-0.2, 0) is 16.6 Å². The molecule has 3 aromatic rings. The second-order valence-corrected chi connectivity index (χ2v) is 6.45. The SMILES string of the molecule is COc1ccnc(CS(=O)c2nc3ccc(OC(F)F)cc3[nH]2)c1OC.[Ca+2]. The molecule has 0 aliphatic carbocycles. The quantitative estimate of drug-likeness (QED) is 0.588. The van der Waals surface area contributed by atoms with E-state index < -0.39 is 17.4 Å². The fourth-order valence-corrected chi connectivity index (χ4v) is 3.41. The van der Waals surface area contributed by atoms with E-state index in [-0.39, 0.29) is 54.4 Å². The molecule has 1 atom stereocenters. The molecule has 11 heteroatoms. The van der Waals surface area contributed by atoms with Crippen molar-refractivity contribution in [3.8, 4) is 17.2 Å². The van der Waals surface area contributed by atoms with Crippen molar-refractivity contribution in [2.75, 3.05) is 14.2 Å². The molecule has 1 aromatic carbocycles. The zero-order valence-electron chi connectivity index (χ0n) is 14.6. The number of methoxy groups -OCH3 is 2. The van der Waals surface area contributed by atoms with Gasteiger partial charge in [0, 0.05) is 18.3 Å². The largest absolute Gasteiger partial charge is 2.00 e. The van der Waals surface area contributed by atoms with Gasteiger partial charge in [-0.25, -0.2) is 4.98 Å². The second kappa shape index (κ2) is 9.63. The third kappa shape index (κ3) is 5.07. The van der Waals surface area contributed by atoms with Gasteiger partial charge < -0.3 is 19.2 Å². The summed E-state index contributed by atoms with van der Waals surface area (Å²) >= 11 is 0. The van der Waals surface area contributed by atoms with Crippen molar-refractivity contribution in [2.45, 2.75) is 17.5 Å². The van der Waals surface area contributed by atoms with Gasteiger partial charge in [0.15, 0.2) is 16.7 Å². The Bertz CT molecular complexity index is 955. The minimum Gasteiger partial charge on any atom is -0.493 e. The summed E-state index contributed by atoms with van der Waals surface area (Å²) in [5.41, 5.74) is 1.38. The summed E-state index contributed by atoms with van der Waals surface area (Å²) in [6, 6.07) is 5.89. The van der Waals surface area contributed by atoms with E-state index in [0.717, 1.165) is 0 Å². The zero-order valence-corrected chi connectivity index (χ0v) is 17.6. The van der Waals surface area contributed by atoms with E-state index in [4.69, 9.17) is 9.47 Å². The number of nitrogens with zero attached hydrogens (tertiary/aromatic N) is 2. The smallest absolute Gasteiger partial charge is 0.493 e. The molecule has 27 heavy (non-hydrogen) atoms. The maximum Gasteiger partial charge on any atom is 2.00 e. The van der Waals surface area contributed by atoms with Gasteiger partial charge in [0.2, 0.25) is 0 Å². The number of hydrogen-bond acceptors (Lipinski definition) is 6. The Balaban J connectivity index is 0.00000261. The molecule has 0 fully saturated rings. The molecule has 0 saturated heterocycles. The summed E-state index contributed by atoms with van der Waals surface area (Å²) in [5, 5.41) is 0.195. The van der Waals surface area contributed by atoms with Gasteiger partial charge in [0.1, 0.15) is 5.75 Å². The van der Waals surface area contributed by atoms with Crippen LogP contribution < -0.4 is 14.2 Å². The summed E-state index contributed by atoms with van der Waals surface area (Å²) in [6.07, 6.45) is 1.53. The third-order valence-electron chi connectivity index (χ3n) is 3.51. The monoisotopic (exact) mass is 423 g/mol. The minimum absolute atomic E-state index is 0. The molecule has 0 aliphatic heterocycles. The average Bonchev–Trinajstić information content (AvgIpc) is 3.04. The van der Waals surface area contributed by atoms with Crippen molar-refractivity contribution >= 4 is 59.6 Å². The molecule has 7 nitrogen and oxygen atoms in total. The summed E-state index contributed by atoms with van der Waals surface area (Å²) in [5.74, 6) is 0.908. The molecule has 0 bridgehead atoms. The van der Waals surface area contributed by atoms with Gasteiger partial charge in [0.05, 0.1) is 47.5 Å². The predicted molar refractivity (Wildman–Crippen MR) is 95.9 cm³/mol. The van der Waals surface area contributed by atoms with Crippen molar-refractivity contribution in [2.24, 2.45) is 0 Å². The number of halogens is 2. The predicted octanol–water partition coefficient (Wildman–Crippen LogP) is 2.50. The number of imidazole rings is 1. The number of benzene rings is 1. The van der Waals surface area contributed by atoms with Crippen LogP contribution in [0.3, 0.4) is 0 Å². The van der Waals surface area contributed by atoms with Gasteiger partial charge in [-0.3, -0.25) is 9.19 Å². The van der Waals surface area contributed by atoms with Crippen LogP contribution in [0.25, 0.3) is 11.0 Å². The van der Waals surface area contributed by atoms with Crippen molar-refractivity contribution < 1.29 is 27.2 Å². The van der Waals surface area contributed by atoms with Crippen LogP contribution in [0.1, 0.15) is 5.69 Å². The van der Waals surface area contributed by atoms with Gasteiger partial charge in [-0.05, 0) is 12.1 Å². The Labute approximate surface area is 185 Å². The molecule has 2 heterocycles. The van der Waals surface area contributed by atoms with Gasteiger partial charge in [-0.1, -0.05) is 0 Å². The maximum absolute atomic E-state index is 12.6. The van der Waals surface area contributed by atoms with Crippen LogP contribution in [0.2, 0.25) is 0 Å². The van der Waals surface area contributed by atoms with E-state index in [1.807, 2.05) is 0 Å². The van der Waals surface area contributed by atoms with Gasteiger partial charge in [-0.2, -0.15) is 8.78 Å². The van der Waals surface area contributed by atoms with Crippen molar-refractivity contribution in [3.63, 3.8) is 0 Å². The minimum atomic E-state index is -2.92. The van der Waals surface area contributed by atoms with Gasteiger partial charge >= 0.3 is 44.3 Å². The second-order valence-electron chi connectivity index (χ2n) is 5.08. The first-order chi connectivity index (χ1) is 12.5. The molecule has 1 unspecified atom stereocenters. The average molecular weight is 423 g/mol. The number of H-pyrrole nitrogens is 1. The van der Waals surface area contributed by atoms with Crippen molar-refractivity contribution in [1.29, 1.82) is 0 Å². The number of aromatic nitrogens is 3. The Kier molecular flexibility index (Phi) is 7.78. The summed E-state index contributed by atoms with van der Waals surface area (Å²) < 4.78 is 52.1. The van der Waals surface area contributed by atoms with Gasteiger partial charge in [-0.15, -0.1) is 0 Å². The van der Waals surface area contributed by atoms with E-state index in [1.54, 1.807) is 6.07 Å². The number of fused-ring (bicyclic) bond motifs is 1. The zero-order chi connectivity index (χ0) is 18.7. The third-order valence-corrected chi connectivity index (χ3v) is 4.67. The van der Waals surface area contributed by atoms with Crippen LogP contribution in [0.5, 0.6) is 17.2 Å². The van der Waals surface area contributed by atoms with E-state index in [9.17, 15) is 13.0 Å². The van der Waals surface area contributed by atoms with Crippen molar-refractivity contribution in [1.82, 2.24) is 15.0 Å². The first-order valence-electron chi connectivity index (χ1n) is 7.40. The fourth-order valence-electron chi connectivity index (χ4n) is 2.40. The Hall–Kier alpha value is -1.49. The molecule has 1 N–H and O–H groups in total. The van der Waals surface area contributed by atoms with Crippen LogP contribution in [0.4, 0.5) is 8.78 Å². The summed E-state index contributed by atoms with van der Waals surface area (Å²) in [6.45, 7) is -2.92. The van der Waals surface area contributed by atoms with Crippen LogP contribution >= 0.6 is 0 Å². The first-order valence-corrected chi connectivity index (χ1v) is 8.72. The Morgan fingerprint density at radius 3 is 2.67 bits per heavy atom. The van der Waals surface area contributed by atoms with Crippen LogP contribution in [0, 0.1) is 0 Å². The first kappa shape index (κ1) is 21.8. The molecular formula is C16H15CaF2N3O4S+2. The Morgan fingerprint density at radius 2 is 2.00 bits per heavy atom. The van der Waals surface area contributed by atoms with Crippen LogP contribution in [0.15, 0.2) is 35.6 Å². The standard InChI is InChI=1S/C16H15F2N3O4S.Ca/c1-23-13-5-6-19-12(14(13)24-2)8-26(22)16-20-10-4-3-9(25-15(17)18)7-11(10)21-16;/h3-7,15H,8H2,1-2H3,(H,20,21);/q;+2. The number of ether oxygens (including phenoxy) is 3. The Morgan fingerprint density at radius 1 is 1.22 bits per heavy atom. The van der Waals surface area contributed by atoms with Gasteiger partial charge in [0.25, 0.3) is 0 Å². The number of rotatable bonds is 7. The van der Waals surface area contributed by atoms with Crippen molar-refractivity contribution in [3.05, 3.63) is 36.2 Å². The van der Waals surface area contributed by atoms with E-state index in [2.05, 4.69) is 19.7 Å². The maximum atomic E-state index is 12.6. The summed E-state index contributed by atoms with van der Waals surface area (Å²) in [4.78, 5) is 11.3. The molecule has 0 saturated carbocycles. The number of pyridine rings is 1. The van der Waals surface area contributed by atoms with E-state index >= 15 is 0 Å². The van der Waals surface area contributed by atoms with E-state index in [1.165, 1.54) is 38.6 Å². The molecule has 0 radical (unpaired) electrons. The number of hydrogen-bond donors (Lipinski definition) is 1. The molecule has 0 aliphatic rings. The number of alkyl halides is 2. The molecule has 0 amide bonds. The number of aromatic amines is 1. The topological polar surface area (TPSA) is 86.3 Å². The molecule has 0 spiro atoms. The molecular weight excluding hydrogens is 408 g/mol. The fraction of sp³-hybridized carbons (Fsp3) is 0.250. The number of nitrogens with one attached hydrogen (secondary N) is 1. The normalized spacial score (nSPS) is 11.9. The molecule has 2 aromatic heterocycles.